The lowest BCUT2D eigenvalue weighted by molar-refractivity contribution is -0.279. The third-order valence-electron chi connectivity index (χ3n) is 10.6. The van der Waals surface area contributed by atoms with E-state index in [2.05, 4.69) is 0 Å². The van der Waals surface area contributed by atoms with Crippen LogP contribution in [0.1, 0.15) is 75.2 Å². The van der Waals surface area contributed by atoms with E-state index >= 15 is 0 Å². The van der Waals surface area contributed by atoms with Gasteiger partial charge in [-0.3, -0.25) is 28.8 Å². The number of ether oxygens (including phenoxy) is 9. The summed E-state index contributed by atoms with van der Waals surface area (Å²) >= 11 is 0. The Kier molecular flexibility index (Phi) is 13.8. The highest BCUT2D eigenvalue weighted by Crippen LogP contribution is 2.63. The van der Waals surface area contributed by atoms with Crippen LogP contribution in [0.25, 0.3) is 0 Å². The number of aliphatic hydroxyl groups is 1. The van der Waals surface area contributed by atoms with Gasteiger partial charge in [-0.2, -0.15) is 0 Å². The highest BCUT2D eigenvalue weighted by atomic mass is 16.7. The first-order chi connectivity index (χ1) is 26.1. The third-order valence-corrected chi connectivity index (χ3v) is 10.6. The van der Waals surface area contributed by atoms with E-state index in [-0.39, 0.29) is 37.9 Å². The van der Waals surface area contributed by atoms with E-state index in [0.717, 1.165) is 20.8 Å². The van der Waals surface area contributed by atoms with E-state index in [1.165, 1.54) is 39.2 Å². The number of esters is 7. The van der Waals surface area contributed by atoms with Gasteiger partial charge in [0.15, 0.2) is 36.6 Å². The molecule has 1 saturated carbocycles. The molecule has 0 bridgehead atoms. The van der Waals surface area contributed by atoms with Crippen LogP contribution in [-0.2, 0) is 76.2 Å². The number of hydrogen-bond acceptors (Lipinski definition) is 17. The number of methoxy groups -OCH3 is 1. The zero-order chi connectivity index (χ0) is 41.9. The SMILES string of the molecule is COCC1=C\[C@@H]2OC(=O)[C@H](C)[C@@]2(O)[C@@H](OC(C)=O)[C@H]2[C@@]3(CO3)[C@H](OC(C)=O)[C@H](OC(=O)CC(C)C)[C@H](OC(C)=O)[C@]2(C)[C@@H](OC(=O)COC(=O)CC(C)C)/C=C\1. The Labute approximate surface area is 325 Å². The maximum atomic E-state index is 13.7. The summed E-state index contributed by atoms with van der Waals surface area (Å²) in [4.78, 5) is 92.2. The molecule has 3 fully saturated rings. The summed E-state index contributed by atoms with van der Waals surface area (Å²) in [5.74, 6) is -9.20. The van der Waals surface area contributed by atoms with Crippen molar-refractivity contribution in [1.82, 2.24) is 0 Å². The van der Waals surface area contributed by atoms with Crippen molar-refractivity contribution in [3.63, 3.8) is 0 Å². The molecule has 2 heterocycles. The molecule has 0 radical (unpaired) electrons. The molecule has 11 atom stereocenters. The minimum absolute atomic E-state index is 0.0136. The largest absolute Gasteiger partial charge is 0.459 e. The molecule has 312 valence electrons. The second-order valence-electron chi connectivity index (χ2n) is 15.9. The molecule has 1 N–H and O–H groups in total. The maximum Gasteiger partial charge on any atom is 0.344 e. The topological polar surface area (TPSA) is 226 Å². The summed E-state index contributed by atoms with van der Waals surface area (Å²) in [6.45, 7) is 12.0. The summed E-state index contributed by atoms with van der Waals surface area (Å²) in [6.07, 6.45) is -5.64. The molecule has 2 aliphatic carbocycles. The first-order valence-corrected chi connectivity index (χ1v) is 18.6. The van der Waals surface area contributed by atoms with Gasteiger partial charge >= 0.3 is 41.8 Å². The van der Waals surface area contributed by atoms with Crippen molar-refractivity contribution < 1.29 is 81.3 Å². The molecule has 0 aromatic heterocycles. The molecule has 0 amide bonds. The van der Waals surface area contributed by atoms with E-state index in [1.807, 2.05) is 0 Å². The minimum atomic E-state index is -2.42. The summed E-state index contributed by atoms with van der Waals surface area (Å²) in [5, 5.41) is 13.0. The second kappa shape index (κ2) is 17.4. The van der Waals surface area contributed by atoms with Crippen LogP contribution in [0.15, 0.2) is 23.8 Å². The van der Waals surface area contributed by atoms with Gasteiger partial charge in [0.05, 0.1) is 24.5 Å². The van der Waals surface area contributed by atoms with Gasteiger partial charge in [-0.25, -0.2) is 4.79 Å². The first-order valence-electron chi connectivity index (χ1n) is 18.6. The highest BCUT2D eigenvalue weighted by Gasteiger charge is 2.81. The van der Waals surface area contributed by atoms with Gasteiger partial charge in [-0.1, -0.05) is 40.7 Å². The Balaban J connectivity index is 2.10. The fraction of sp³-hybridized carbons (Fsp3) is 0.718. The molecule has 0 aromatic carbocycles. The van der Waals surface area contributed by atoms with Crippen LogP contribution < -0.4 is 0 Å². The average molecular weight is 795 g/mol. The van der Waals surface area contributed by atoms with Gasteiger partial charge in [0.25, 0.3) is 0 Å². The number of epoxide rings is 1. The van der Waals surface area contributed by atoms with Crippen LogP contribution in [-0.4, -0.2) is 122 Å². The van der Waals surface area contributed by atoms with Crippen LogP contribution in [0, 0.1) is 29.1 Å². The molecular formula is C39H54O17. The lowest BCUT2D eigenvalue weighted by atomic mass is 9.51. The molecule has 4 aliphatic rings. The summed E-state index contributed by atoms with van der Waals surface area (Å²) in [7, 11) is 1.39. The summed E-state index contributed by atoms with van der Waals surface area (Å²) < 4.78 is 52.6. The van der Waals surface area contributed by atoms with Crippen molar-refractivity contribution in [2.24, 2.45) is 29.1 Å². The summed E-state index contributed by atoms with van der Waals surface area (Å²) in [5.41, 5.74) is -5.90. The van der Waals surface area contributed by atoms with Gasteiger partial charge in [0, 0.05) is 46.6 Å². The van der Waals surface area contributed by atoms with Crippen molar-refractivity contribution in [3.05, 3.63) is 23.8 Å². The molecule has 17 heteroatoms. The fourth-order valence-electron chi connectivity index (χ4n) is 8.14. The molecular weight excluding hydrogens is 740 g/mol. The van der Waals surface area contributed by atoms with Crippen molar-refractivity contribution >= 4 is 41.8 Å². The predicted octanol–water partition coefficient (Wildman–Crippen LogP) is 2.08. The van der Waals surface area contributed by atoms with Crippen molar-refractivity contribution in [3.8, 4) is 0 Å². The standard InChI is InChI=1S/C39H54O17/c1-19(2)13-28(43)49-17-30(45)54-26-12-11-25(16-48-10)15-27-39(47,21(5)36(46)55-27)35(53-24(8)42)32-37(26,9)33(51-22(6)40)31(56-29(44)14-20(3)4)34(52-23(7)41)38(32)18-50-38/h11-12,15,19-21,26-27,31-35,47H,13-14,16-18H2,1-10H3/b12-11-,25-15-/t21-,26-,27-,31+,32+,33-,34+,35-,37+,38-,39-/m0/s1. The smallest absolute Gasteiger partial charge is 0.344 e. The van der Waals surface area contributed by atoms with Crippen molar-refractivity contribution in [2.45, 2.75) is 123 Å². The zero-order valence-corrected chi connectivity index (χ0v) is 33.5. The van der Waals surface area contributed by atoms with Crippen molar-refractivity contribution in [2.75, 3.05) is 26.9 Å². The van der Waals surface area contributed by atoms with E-state index in [9.17, 15) is 38.7 Å². The van der Waals surface area contributed by atoms with Gasteiger partial charge in [-0.15, -0.1) is 0 Å². The Morgan fingerprint density at radius 1 is 0.839 bits per heavy atom. The number of carbonyl (C=O) groups excluding carboxylic acids is 7. The van der Waals surface area contributed by atoms with Crippen LogP contribution in [0.3, 0.4) is 0 Å². The fourth-order valence-corrected chi connectivity index (χ4v) is 8.14. The average Bonchev–Trinajstić information content (AvgIpc) is 3.83. The Morgan fingerprint density at radius 2 is 1.39 bits per heavy atom. The Morgan fingerprint density at radius 3 is 1.93 bits per heavy atom. The van der Waals surface area contributed by atoms with Crippen LogP contribution >= 0.6 is 0 Å². The van der Waals surface area contributed by atoms with Gasteiger partial charge in [-0.05, 0) is 36.5 Å². The van der Waals surface area contributed by atoms with E-state index < -0.39 is 113 Å². The number of fused-ring (bicyclic) bond motifs is 3. The molecule has 4 rings (SSSR count). The maximum absolute atomic E-state index is 13.7. The summed E-state index contributed by atoms with van der Waals surface area (Å²) in [6, 6.07) is 0. The van der Waals surface area contributed by atoms with Crippen LogP contribution in [0.4, 0.5) is 0 Å². The minimum Gasteiger partial charge on any atom is -0.459 e. The zero-order valence-electron chi connectivity index (χ0n) is 33.5. The normalized spacial score (nSPS) is 36.2. The second-order valence-corrected chi connectivity index (χ2v) is 15.9. The van der Waals surface area contributed by atoms with E-state index in [4.69, 9.17) is 42.6 Å². The predicted molar refractivity (Wildman–Crippen MR) is 190 cm³/mol. The molecule has 56 heavy (non-hydrogen) atoms. The molecule has 17 nitrogen and oxygen atoms in total. The van der Waals surface area contributed by atoms with E-state index in [0.29, 0.717) is 5.57 Å². The lowest BCUT2D eigenvalue weighted by Crippen LogP contribution is -2.76. The molecule has 1 spiro atoms. The Bertz CT molecular complexity index is 1610. The molecule has 2 saturated heterocycles. The first kappa shape index (κ1) is 44.4. The van der Waals surface area contributed by atoms with Crippen LogP contribution in [0.5, 0.6) is 0 Å². The number of hydrogen-bond donors (Lipinski definition) is 1. The monoisotopic (exact) mass is 794 g/mol. The van der Waals surface area contributed by atoms with Crippen molar-refractivity contribution in [1.29, 1.82) is 0 Å². The van der Waals surface area contributed by atoms with Crippen LogP contribution in [0.2, 0.25) is 0 Å². The lowest BCUT2D eigenvalue weighted by Gasteiger charge is -2.59. The third kappa shape index (κ3) is 9.10. The number of carbonyl (C=O) groups is 7. The molecule has 0 unspecified atom stereocenters. The van der Waals surface area contributed by atoms with E-state index in [1.54, 1.807) is 27.7 Å². The number of rotatable bonds is 13. The Hall–Kier alpha value is -4.35. The quantitative estimate of drug-likeness (QED) is 0.160. The van der Waals surface area contributed by atoms with Gasteiger partial charge in [0.1, 0.15) is 17.8 Å². The molecule has 0 aromatic rings. The van der Waals surface area contributed by atoms with Gasteiger partial charge in [0.2, 0.25) is 0 Å². The molecule has 2 aliphatic heterocycles. The van der Waals surface area contributed by atoms with Gasteiger partial charge < -0.3 is 47.7 Å². The highest BCUT2D eigenvalue weighted by molar-refractivity contribution is 5.78.